The fourth-order valence-electron chi connectivity index (χ4n) is 2.29. The average Bonchev–Trinajstić information content (AvgIpc) is 2.85. The lowest BCUT2D eigenvalue weighted by Crippen LogP contribution is -2.45. The predicted octanol–water partition coefficient (Wildman–Crippen LogP) is 2.98. The maximum atomic E-state index is 12.1. The Labute approximate surface area is 136 Å². The molecule has 0 saturated heterocycles. The van der Waals surface area contributed by atoms with E-state index >= 15 is 0 Å². The molecule has 6 heteroatoms. The van der Waals surface area contributed by atoms with Crippen LogP contribution in [0.3, 0.4) is 0 Å². The van der Waals surface area contributed by atoms with Gasteiger partial charge in [0.05, 0.1) is 16.9 Å². The van der Waals surface area contributed by atoms with E-state index in [4.69, 9.17) is 17.3 Å². The molecule has 0 aliphatic rings. The van der Waals surface area contributed by atoms with E-state index in [1.54, 1.807) is 30.3 Å². The second kappa shape index (κ2) is 8.73. The van der Waals surface area contributed by atoms with Crippen LogP contribution in [0.25, 0.3) is 0 Å². The molecule has 2 unspecified atom stereocenters. The Hall–Kier alpha value is -0.620. The van der Waals surface area contributed by atoms with Gasteiger partial charge in [0.25, 0.3) is 0 Å². The van der Waals surface area contributed by atoms with E-state index in [2.05, 4.69) is 18.7 Å². The number of amides is 1. The number of thiophene rings is 1. The van der Waals surface area contributed by atoms with Crippen molar-refractivity contribution < 1.29 is 4.79 Å². The van der Waals surface area contributed by atoms with Gasteiger partial charge in [-0.1, -0.05) is 25.4 Å². The zero-order valence-corrected chi connectivity index (χ0v) is 14.9. The predicted molar refractivity (Wildman–Crippen MR) is 90.9 cm³/mol. The minimum absolute atomic E-state index is 0.0128. The summed E-state index contributed by atoms with van der Waals surface area (Å²) in [6.07, 6.45) is 1.84. The molecule has 2 N–H and O–H groups in total. The van der Waals surface area contributed by atoms with Crippen molar-refractivity contribution in [3.8, 4) is 0 Å². The summed E-state index contributed by atoms with van der Waals surface area (Å²) in [7, 11) is 3.56. The molecule has 0 spiro atoms. The van der Waals surface area contributed by atoms with Crippen LogP contribution in [-0.2, 0) is 4.79 Å². The monoisotopic (exact) mass is 331 g/mol. The van der Waals surface area contributed by atoms with E-state index in [0.29, 0.717) is 6.54 Å². The zero-order valence-electron chi connectivity index (χ0n) is 13.3. The number of nitrogens with two attached hydrogens (primary N) is 1. The summed E-state index contributed by atoms with van der Waals surface area (Å²) in [5, 5.41) is 0. The van der Waals surface area contributed by atoms with Gasteiger partial charge in [0.2, 0.25) is 5.91 Å². The molecule has 0 aliphatic heterocycles. The van der Waals surface area contributed by atoms with Gasteiger partial charge in [-0.15, -0.1) is 11.3 Å². The number of hydrogen-bond acceptors (Lipinski definition) is 4. The van der Waals surface area contributed by atoms with Crippen molar-refractivity contribution in [2.24, 2.45) is 5.73 Å². The van der Waals surface area contributed by atoms with Gasteiger partial charge in [-0.25, -0.2) is 0 Å². The summed E-state index contributed by atoms with van der Waals surface area (Å²) >= 11 is 7.62. The van der Waals surface area contributed by atoms with Crippen LogP contribution in [0.2, 0.25) is 4.34 Å². The van der Waals surface area contributed by atoms with Crippen LogP contribution in [0, 0.1) is 0 Å². The van der Waals surface area contributed by atoms with E-state index in [9.17, 15) is 4.79 Å². The van der Waals surface area contributed by atoms with E-state index in [0.717, 1.165) is 28.6 Å². The highest BCUT2D eigenvalue weighted by Gasteiger charge is 2.28. The molecule has 1 aromatic heterocycles. The van der Waals surface area contributed by atoms with Crippen LogP contribution in [0.15, 0.2) is 12.1 Å². The van der Waals surface area contributed by atoms with Gasteiger partial charge in [0.1, 0.15) is 0 Å². The number of carbonyl (C=O) groups excluding carboxylic acids is 1. The minimum atomic E-state index is -0.0128. The number of hydrogen-bond donors (Lipinski definition) is 1. The molecule has 0 saturated carbocycles. The van der Waals surface area contributed by atoms with Gasteiger partial charge in [-0.05, 0) is 31.5 Å². The Morgan fingerprint density at radius 3 is 2.48 bits per heavy atom. The summed E-state index contributed by atoms with van der Waals surface area (Å²) in [6.45, 7) is 5.41. The number of likely N-dealkylation sites (N-methyl/N-ethyl adjacent to an activating group) is 1. The largest absolute Gasteiger partial charge is 0.348 e. The van der Waals surface area contributed by atoms with Crippen LogP contribution in [-0.4, -0.2) is 48.9 Å². The first-order valence-electron chi connectivity index (χ1n) is 7.35. The lowest BCUT2D eigenvalue weighted by molar-refractivity contribution is -0.130. The van der Waals surface area contributed by atoms with Crippen LogP contribution >= 0.6 is 22.9 Å². The number of halogens is 1. The summed E-state index contributed by atoms with van der Waals surface area (Å²) in [6, 6.07) is 3.95. The Bertz CT molecular complexity index is 450. The van der Waals surface area contributed by atoms with Gasteiger partial charge in [0, 0.05) is 25.0 Å². The highest BCUT2D eigenvalue weighted by molar-refractivity contribution is 7.16. The molecule has 0 aliphatic carbocycles. The quantitative estimate of drug-likeness (QED) is 0.796. The highest BCUT2D eigenvalue weighted by Crippen LogP contribution is 2.33. The minimum Gasteiger partial charge on any atom is -0.348 e. The van der Waals surface area contributed by atoms with Crippen molar-refractivity contribution in [1.82, 2.24) is 9.80 Å². The normalized spacial score (nSPS) is 14.2. The van der Waals surface area contributed by atoms with Crippen LogP contribution in [0.5, 0.6) is 0 Å². The Balaban J connectivity index is 3.03. The topological polar surface area (TPSA) is 49.6 Å². The van der Waals surface area contributed by atoms with Gasteiger partial charge in [0.15, 0.2) is 0 Å². The van der Waals surface area contributed by atoms with Crippen LogP contribution in [0.1, 0.15) is 37.6 Å². The lowest BCUT2D eigenvalue weighted by Gasteiger charge is -2.34. The fraction of sp³-hybridized carbons (Fsp3) is 0.667. The van der Waals surface area contributed by atoms with E-state index < -0.39 is 0 Å². The Morgan fingerprint density at radius 1 is 1.38 bits per heavy atom. The highest BCUT2D eigenvalue weighted by atomic mass is 35.5. The van der Waals surface area contributed by atoms with Gasteiger partial charge >= 0.3 is 0 Å². The molecule has 1 heterocycles. The van der Waals surface area contributed by atoms with Crippen molar-refractivity contribution in [2.45, 2.75) is 38.8 Å². The molecule has 1 aromatic rings. The molecule has 0 fully saturated rings. The second-order valence-electron chi connectivity index (χ2n) is 5.42. The molecular weight excluding hydrogens is 306 g/mol. The molecule has 2 atom stereocenters. The Morgan fingerprint density at radius 2 is 2.05 bits per heavy atom. The number of rotatable bonds is 8. The third-order valence-electron chi connectivity index (χ3n) is 3.50. The molecule has 0 bridgehead atoms. The summed E-state index contributed by atoms with van der Waals surface area (Å²) < 4.78 is 0.758. The smallest absolute Gasteiger partial charge is 0.236 e. The number of nitrogens with zero attached hydrogens (tertiary/aromatic N) is 2. The zero-order chi connectivity index (χ0) is 16.0. The number of carbonyl (C=O) groups is 1. The fourth-order valence-corrected chi connectivity index (χ4v) is 3.56. The van der Waals surface area contributed by atoms with Gasteiger partial charge in [-0.2, -0.15) is 0 Å². The summed E-state index contributed by atoms with van der Waals surface area (Å²) in [5.41, 5.74) is 6.34. The van der Waals surface area contributed by atoms with E-state index in [1.165, 1.54) is 0 Å². The van der Waals surface area contributed by atoms with E-state index in [1.807, 2.05) is 12.1 Å². The second-order valence-corrected chi connectivity index (χ2v) is 7.16. The molecule has 21 heavy (non-hydrogen) atoms. The van der Waals surface area contributed by atoms with Gasteiger partial charge in [-0.3, -0.25) is 9.69 Å². The first-order valence-corrected chi connectivity index (χ1v) is 8.55. The molecule has 0 radical (unpaired) electrons. The van der Waals surface area contributed by atoms with Crippen molar-refractivity contribution in [1.29, 1.82) is 0 Å². The van der Waals surface area contributed by atoms with Crippen LogP contribution in [0.4, 0.5) is 0 Å². The Kier molecular flexibility index (Phi) is 7.66. The third kappa shape index (κ3) is 5.25. The lowest BCUT2D eigenvalue weighted by atomic mass is 10.0. The molecule has 120 valence electrons. The van der Waals surface area contributed by atoms with Gasteiger partial charge < -0.3 is 10.6 Å². The maximum Gasteiger partial charge on any atom is 0.236 e. The molecule has 4 nitrogen and oxygen atoms in total. The molecule has 1 amide bonds. The van der Waals surface area contributed by atoms with Crippen molar-refractivity contribution in [3.63, 3.8) is 0 Å². The molecular formula is C15H26ClN3OS. The molecule has 0 aromatic carbocycles. The SMILES string of the molecule is CCCN(CC(=O)N(C)C)C(c1ccc(Cl)s1)C(N)CC. The van der Waals surface area contributed by atoms with Crippen molar-refractivity contribution >= 4 is 28.8 Å². The molecule has 1 rings (SSSR count). The first kappa shape index (κ1) is 18.4. The van der Waals surface area contributed by atoms with E-state index in [-0.39, 0.29) is 18.0 Å². The average molecular weight is 332 g/mol. The van der Waals surface area contributed by atoms with Crippen molar-refractivity contribution in [2.75, 3.05) is 27.2 Å². The van der Waals surface area contributed by atoms with Crippen LogP contribution < -0.4 is 5.73 Å². The standard InChI is InChI=1S/C15H26ClN3OS/c1-5-9-19(10-14(20)18(3)4)15(11(17)6-2)12-7-8-13(16)21-12/h7-8,11,15H,5-6,9-10,17H2,1-4H3. The summed E-state index contributed by atoms with van der Waals surface area (Å²) in [4.78, 5) is 17.0. The summed E-state index contributed by atoms with van der Waals surface area (Å²) in [5.74, 6) is 0.0967. The first-order chi connectivity index (χ1) is 9.90. The maximum absolute atomic E-state index is 12.1. The third-order valence-corrected chi connectivity index (χ3v) is 4.81. The van der Waals surface area contributed by atoms with Crippen molar-refractivity contribution in [3.05, 3.63) is 21.3 Å².